The van der Waals surface area contributed by atoms with Crippen molar-refractivity contribution in [2.45, 2.75) is 44.6 Å². The summed E-state index contributed by atoms with van der Waals surface area (Å²) in [5, 5.41) is 12.1. The molecule has 0 spiro atoms. The van der Waals surface area contributed by atoms with Crippen molar-refractivity contribution >= 4 is 5.91 Å². The zero-order valence-corrected chi connectivity index (χ0v) is 9.85. The normalized spacial score (nSPS) is 16.0. The molecule has 1 heterocycles. The van der Waals surface area contributed by atoms with Crippen molar-refractivity contribution in [2.24, 2.45) is 0 Å². The standard InChI is InChI=1S/C13H18N2O2/c16-12-7-5-10(14-9-12)6-8-13(17)15-11-3-1-2-4-11/h5,7,9,11,16H,1-4,6,8H2,(H,15,17). The molecule has 0 unspecified atom stereocenters. The molecule has 1 aliphatic rings. The third-order valence-electron chi connectivity index (χ3n) is 3.14. The highest BCUT2D eigenvalue weighted by atomic mass is 16.3. The van der Waals surface area contributed by atoms with Crippen LogP contribution in [0, 0.1) is 0 Å². The summed E-state index contributed by atoms with van der Waals surface area (Å²) in [7, 11) is 0. The molecule has 1 saturated carbocycles. The number of hydrogen-bond donors (Lipinski definition) is 2. The molecule has 0 aliphatic heterocycles. The number of aryl methyl sites for hydroxylation is 1. The van der Waals surface area contributed by atoms with Crippen molar-refractivity contribution in [3.05, 3.63) is 24.0 Å². The maximum atomic E-state index is 11.7. The molecule has 4 nitrogen and oxygen atoms in total. The van der Waals surface area contributed by atoms with E-state index in [1.807, 2.05) is 0 Å². The van der Waals surface area contributed by atoms with E-state index >= 15 is 0 Å². The summed E-state index contributed by atoms with van der Waals surface area (Å²) < 4.78 is 0. The SMILES string of the molecule is O=C(CCc1ccc(O)cn1)NC1CCCC1. The van der Waals surface area contributed by atoms with E-state index in [0.717, 1.165) is 18.5 Å². The largest absolute Gasteiger partial charge is 0.506 e. The van der Waals surface area contributed by atoms with Crippen LogP contribution in [0.25, 0.3) is 0 Å². The molecular formula is C13H18N2O2. The zero-order valence-electron chi connectivity index (χ0n) is 9.85. The van der Waals surface area contributed by atoms with Crippen LogP contribution in [0.3, 0.4) is 0 Å². The summed E-state index contributed by atoms with van der Waals surface area (Å²) in [5.41, 5.74) is 0.837. The van der Waals surface area contributed by atoms with Gasteiger partial charge < -0.3 is 10.4 Å². The van der Waals surface area contributed by atoms with E-state index in [4.69, 9.17) is 5.11 Å². The van der Waals surface area contributed by atoms with Crippen LogP contribution >= 0.6 is 0 Å². The molecule has 17 heavy (non-hydrogen) atoms. The van der Waals surface area contributed by atoms with Gasteiger partial charge in [-0.15, -0.1) is 0 Å². The van der Waals surface area contributed by atoms with E-state index in [-0.39, 0.29) is 11.7 Å². The molecule has 1 aromatic rings. The van der Waals surface area contributed by atoms with Gasteiger partial charge in [-0.05, 0) is 31.4 Å². The van der Waals surface area contributed by atoms with Crippen LogP contribution in [0.1, 0.15) is 37.8 Å². The smallest absolute Gasteiger partial charge is 0.220 e. The van der Waals surface area contributed by atoms with Gasteiger partial charge in [-0.3, -0.25) is 9.78 Å². The molecule has 1 aliphatic carbocycles. The first-order valence-electron chi connectivity index (χ1n) is 6.17. The van der Waals surface area contributed by atoms with Crippen LogP contribution in [0.5, 0.6) is 5.75 Å². The van der Waals surface area contributed by atoms with Gasteiger partial charge in [0.25, 0.3) is 0 Å². The molecular weight excluding hydrogens is 216 g/mol. The van der Waals surface area contributed by atoms with Gasteiger partial charge in [-0.25, -0.2) is 0 Å². The van der Waals surface area contributed by atoms with E-state index in [1.54, 1.807) is 12.1 Å². The quantitative estimate of drug-likeness (QED) is 0.834. The van der Waals surface area contributed by atoms with Crippen LogP contribution in [0.2, 0.25) is 0 Å². The fraction of sp³-hybridized carbons (Fsp3) is 0.538. The van der Waals surface area contributed by atoms with Crippen LogP contribution < -0.4 is 5.32 Å². The van der Waals surface area contributed by atoms with Gasteiger partial charge in [0, 0.05) is 18.2 Å². The molecule has 92 valence electrons. The molecule has 2 N–H and O–H groups in total. The predicted octanol–water partition coefficient (Wildman–Crippen LogP) is 1.78. The van der Waals surface area contributed by atoms with Crippen LogP contribution in [0.4, 0.5) is 0 Å². The Hall–Kier alpha value is -1.58. The zero-order chi connectivity index (χ0) is 12.1. The van der Waals surface area contributed by atoms with E-state index < -0.39 is 0 Å². The number of pyridine rings is 1. The van der Waals surface area contributed by atoms with Gasteiger partial charge >= 0.3 is 0 Å². The number of amides is 1. The number of nitrogens with zero attached hydrogens (tertiary/aromatic N) is 1. The lowest BCUT2D eigenvalue weighted by Gasteiger charge is -2.11. The van der Waals surface area contributed by atoms with E-state index in [9.17, 15) is 4.79 Å². The maximum Gasteiger partial charge on any atom is 0.220 e. The Kier molecular flexibility index (Phi) is 3.96. The molecule has 2 rings (SSSR count). The first-order valence-corrected chi connectivity index (χ1v) is 6.17. The Labute approximate surface area is 101 Å². The van der Waals surface area contributed by atoms with E-state index in [1.165, 1.54) is 19.0 Å². The van der Waals surface area contributed by atoms with Gasteiger partial charge in [0.1, 0.15) is 5.75 Å². The second-order valence-corrected chi connectivity index (χ2v) is 4.56. The topological polar surface area (TPSA) is 62.2 Å². The summed E-state index contributed by atoms with van der Waals surface area (Å²) in [5.74, 6) is 0.260. The fourth-order valence-corrected chi connectivity index (χ4v) is 2.18. The van der Waals surface area contributed by atoms with Gasteiger partial charge in [0.05, 0.1) is 6.20 Å². The number of aromatic nitrogens is 1. The lowest BCUT2D eigenvalue weighted by molar-refractivity contribution is -0.121. The highest BCUT2D eigenvalue weighted by Gasteiger charge is 2.16. The second-order valence-electron chi connectivity index (χ2n) is 4.56. The van der Waals surface area contributed by atoms with Crippen molar-refractivity contribution in [3.63, 3.8) is 0 Å². The monoisotopic (exact) mass is 234 g/mol. The highest BCUT2D eigenvalue weighted by molar-refractivity contribution is 5.76. The number of rotatable bonds is 4. The van der Waals surface area contributed by atoms with Crippen molar-refractivity contribution in [2.75, 3.05) is 0 Å². The molecule has 0 bridgehead atoms. The lowest BCUT2D eigenvalue weighted by Crippen LogP contribution is -2.32. The minimum Gasteiger partial charge on any atom is -0.506 e. The Balaban J connectivity index is 1.73. The van der Waals surface area contributed by atoms with Crippen molar-refractivity contribution in [1.82, 2.24) is 10.3 Å². The number of nitrogens with one attached hydrogen (secondary N) is 1. The number of carbonyl (C=O) groups is 1. The molecule has 0 aromatic carbocycles. The molecule has 0 radical (unpaired) electrons. The summed E-state index contributed by atoms with van der Waals surface area (Å²) in [4.78, 5) is 15.7. The van der Waals surface area contributed by atoms with Crippen LogP contribution in [-0.2, 0) is 11.2 Å². The van der Waals surface area contributed by atoms with Gasteiger partial charge in [-0.2, -0.15) is 0 Å². The number of aromatic hydroxyl groups is 1. The second kappa shape index (κ2) is 5.66. The Morgan fingerprint density at radius 3 is 2.82 bits per heavy atom. The Morgan fingerprint density at radius 2 is 2.18 bits per heavy atom. The number of carbonyl (C=O) groups excluding carboxylic acids is 1. The van der Waals surface area contributed by atoms with Gasteiger partial charge in [0.15, 0.2) is 0 Å². The molecule has 0 atom stereocenters. The highest BCUT2D eigenvalue weighted by Crippen LogP contribution is 2.17. The van der Waals surface area contributed by atoms with Crippen molar-refractivity contribution < 1.29 is 9.90 Å². The summed E-state index contributed by atoms with van der Waals surface area (Å²) >= 11 is 0. The minimum atomic E-state index is 0.103. The molecule has 1 aromatic heterocycles. The lowest BCUT2D eigenvalue weighted by atomic mass is 10.2. The van der Waals surface area contributed by atoms with Crippen molar-refractivity contribution in [1.29, 1.82) is 0 Å². The summed E-state index contributed by atoms with van der Waals surface area (Å²) in [6.45, 7) is 0. The van der Waals surface area contributed by atoms with Gasteiger partial charge in [0.2, 0.25) is 5.91 Å². The minimum absolute atomic E-state index is 0.103. The van der Waals surface area contributed by atoms with Gasteiger partial charge in [-0.1, -0.05) is 12.8 Å². The summed E-state index contributed by atoms with van der Waals surface area (Å²) in [6.07, 6.45) is 7.18. The molecule has 1 amide bonds. The average Bonchev–Trinajstić information content (AvgIpc) is 2.81. The van der Waals surface area contributed by atoms with Crippen molar-refractivity contribution in [3.8, 4) is 5.75 Å². The molecule has 1 fully saturated rings. The average molecular weight is 234 g/mol. The fourth-order valence-electron chi connectivity index (χ4n) is 2.18. The Morgan fingerprint density at radius 1 is 1.41 bits per heavy atom. The molecule has 4 heteroatoms. The van der Waals surface area contributed by atoms with Crippen LogP contribution in [-0.4, -0.2) is 22.0 Å². The number of hydrogen-bond acceptors (Lipinski definition) is 3. The maximum absolute atomic E-state index is 11.7. The summed E-state index contributed by atoms with van der Waals surface area (Å²) in [6, 6.07) is 3.73. The van der Waals surface area contributed by atoms with E-state index in [0.29, 0.717) is 18.9 Å². The Bertz CT molecular complexity index is 370. The predicted molar refractivity (Wildman–Crippen MR) is 64.6 cm³/mol. The third kappa shape index (κ3) is 3.73. The molecule has 0 saturated heterocycles. The third-order valence-corrected chi connectivity index (χ3v) is 3.14. The first-order chi connectivity index (χ1) is 8.24. The first kappa shape index (κ1) is 11.9. The van der Waals surface area contributed by atoms with E-state index in [2.05, 4.69) is 10.3 Å². The van der Waals surface area contributed by atoms with Crippen LogP contribution in [0.15, 0.2) is 18.3 Å².